The largest absolute Gasteiger partial charge is 0.444 e. The highest BCUT2D eigenvalue weighted by Gasteiger charge is 2.40. The van der Waals surface area contributed by atoms with Crippen molar-refractivity contribution in [1.29, 1.82) is 0 Å². The van der Waals surface area contributed by atoms with E-state index in [1.807, 2.05) is 4.90 Å². The number of piperazine rings is 1. The first kappa shape index (κ1) is 16.4. The first-order valence-electron chi connectivity index (χ1n) is 9.30. The number of nitrogens with zero attached hydrogens (tertiary/aromatic N) is 2. The van der Waals surface area contributed by atoms with Crippen molar-refractivity contribution < 1.29 is 19.0 Å². The van der Waals surface area contributed by atoms with E-state index >= 15 is 0 Å². The van der Waals surface area contributed by atoms with Crippen LogP contribution in [0.4, 0.5) is 4.79 Å². The number of hydrogen-bond acceptors (Lipinski definition) is 5. The van der Waals surface area contributed by atoms with Gasteiger partial charge in [-0.05, 0) is 45.6 Å². The predicted molar refractivity (Wildman–Crippen MR) is 88.6 cm³/mol. The summed E-state index contributed by atoms with van der Waals surface area (Å²) in [5.74, 6) is 0. The van der Waals surface area contributed by atoms with Crippen molar-refractivity contribution in [2.75, 3.05) is 26.7 Å². The SMILES string of the molecule is CN1C2CCC1CN(C(=O)OCC1OC3C/C=C/CCCC3O1)C2. The van der Waals surface area contributed by atoms with Gasteiger partial charge in [-0.25, -0.2) is 4.79 Å². The van der Waals surface area contributed by atoms with Gasteiger partial charge in [0.2, 0.25) is 0 Å². The van der Waals surface area contributed by atoms with Crippen LogP contribution < -0.4 is 0 Å². The number of rotatable bonds is 2. The molecule has 134 valence electrons. The fraction of sp³-hybridized carbons (Fsp3) is 0.833. The molecule has 0 aromatic heterocycles. The van der Waals surface area contributed by atoms with Gasteiger partial charge in [0.1, 0.15) is 6.61 Å². The summed E-state index contributed by atoms with van der Waals surface area (Å²) in [7, 11) is 2.16. The summed E-state index contributed by atoms with van der Waals surface area (Å²) in [4.78, 5) is 16.6. The minimum absolute atomic E-state index is 0.102. The van der Waals surface area contributed by atoms with Gasteiger partial charge in [0.05, 0.1) is 12.2 Å². The molecule has 4 rings (SSSR count). The Bertz CT molecular complexity index is 483. The molecule has 6 heteroatoms. The van der Waals surface area contributed by atoms with Crippen LogP contribution in [0.3, 0.4) is 0 Å². The molecule has 0 radical (unpaired) electrons. The lowest BCUT2D eigenvalue weighted by Gasteiger charge is -2.38. The van der Waals surface area contributed by atoms with Gasteiger partial charge < -0.3 is 19.1 Å². The molecule has 0 aromatic carbocycles. The van der Waals surface area contributed by atoms with E-state index in [1.165, 1.54) is 12.8 Å². The van der Waals surface area contributed by atoms with Crippen LogP contribution in [0, 0.1) is 0 Å². The normalized spacial score (nSPS) is 40.7. The van der Waals surface area contributed by atoms with Gasteiger partial charge in [0.25, 0.3) is 0 Å². The maximum atomic E-state index is 12.4. The Morgan fingerprint density at radius 1 is 1.12 bits per heavy atom. The van der Waals surface area contributed by atoms with Crippen molar-refractivity contribution in [3.05, 3.63) is 12.2 Å². The molecular weight excluding hydrogens is 308 g/mol. The molecule has 0 N–H and O–H groups in total. The third kappa shape index (κ3) is 3.32. The first-order chi connectivity index (χ1) is 11.7. The highest BCUT2D eigenvalue weighted by molar-refractivity contribution is 5.68. The lowest BCUT2D eigenvalue weighted by Crippen LogP contribution is -2.54. The molecule has 0 spiro atoms. The second-order valence-corrected chi connectivity index (χ2v) is 7.45. The third-order valence-electron chi connectivity index (χ3n) is 5.91. The van der Waals surface area contributed by atoms with E-state index in [1.54, 1.807) is 0 Å². The number of carbonyl (C=O) groups is 1. The zero-order chi connectivity index (χ0) is 16.5. The molecular formula is C18H28N2O4. The maximum absolute atomic E-state index is 12.4. The van der Waals surface area contributed by atoms with Crippen molar-refractivity contribution >= 4 is 6.09 Å². The molecule has 2 bridgehead atoms. The predicted octanol–water partition coefficient (Wildman–Crippen LogP) is 2.14. The van der Waals surface area contributed by atoms with Gasteiger partial charge in [-0.2, -0.15) is 0 Å². The Hall–Kier alpha value is -1.11. The summed E-state index contributed by atoms with van der Waals surface area (Å²) in [5.41, 5.74) is 0. The minimum atomic E-state index is -0.417. The van der Waals surface area contributed by atoms with Crippen LogP contribution in [0.1, 0.15) is 38.5 Å². The Morgan fingerprint density at radius 3 is 2.67 bits per heavy atom. The van der Waals surface area contributed by atoms with Crippen molar-refractivity contribution in [3.63, 3.8) is 0 Å². The van der Waals surface area contributed by atoms with Gasteiger partial charge in [-0.3, -0.25) is 4.90 Å². The summed E-state index contributed by atoms with van der Waals surface area (Å²) in [6.45, 7) is 1.74. The van der Waals surface area contributed by atoms with Crippen LogP contribution in [0.15, 0.2) is 12.2 Å². The smallest absolute Gasteiger partial charge is 0.410 e. The third-order valence-corrected chi connectivity index (χ3v) is 5.91. The number of carbonyl (C=O) groups excluding carboxylic acids is 1. The number of likely N-dealkylation sites (tertiary alicyclic amines) is 1. The van der Waals surface area contributed by atoms with Gasteiger partial charge in [-0.1, -0.05) is 12.2 Å². The Balaban J connectivity index is 1.25. The van der Waals surface area contributed by atoms with E-state index < -0.39 is 6.29 Å². The number of allylic oxidation sites excluding steroid dienone is 1. The number of fused-ring (bicyclic) bond motifs is 3. The fourth-order valence-electron chi connectivity index (χ4n) is 4.42. The van der Waals surface area contributed by atoms with Crippen LogP contribution >= 0.6 is 0 Å². The van der Waals surface area contributed by atoms with E-state index in [0.717, 1.165) is 38.8 Å². The average molecular weight is 336 g/mol. The quantitative estimate of drug-likeness (QED) is 0.723. The molecule has 5 unspecified atom stereocenters. The fourth-order valence-corrected chi connectivity index (χ4v) is 4.42. The number of amides is 1. The number of likely N-dealkylation sites (N-methyl/N-ethyl adjacent to an activating group) is 1. The summed E-state index contributed by atoms with van der Waals surface area (Å²) in [5, 5.41) is 0. The Kier molecular flexibility index (Phi) is 4.79. The molecule has 5 atom stereocenters. The molecule has 1 amide bonds. The van der Waals surface area contributed by atoms with Gasteiger partial charge in [0, 0.05) is 25.2 Å². The monoisotopic (exact) mass is 336 g/mol. The molecule has 3 fully saturated rings. The molecule has 3 heterocycles. The van der Waals surface area contributed by atoms with Gasteiger partial charge in [-0.15, -0.1) is 0 Å². The van der Waals surface area contributed by atoms with Gasteiger partial charge in [0.15, 0.2) is 6.29 Å². The maximum Gasteiger partial charge on any atom is 0.410 e. The van der Waals surface area contributed by atoms with Crippen LogP contribution in [0.25, 0.3) is 0 Å². The van der Waals surface area contributed by atoms with E-state index in [2.05, 4.69) is 24.1 Å². The molecule has 4 aliphatic rings. The zero-order valence-corrected chi connectivity index (χ0v) is 14.4. The van der Waals surface area contributed by atoms with Gasteiger partial charge >= 0.3 is 6.09 Å². The van der Waals surface area contributed by atoms with Crippen molar-refractivity contribution in [2.24, 2.45) is 0 Å². The lowest BCUT2D eigenvalue weighted by molar-refractivity contribution is -0.101. The van der Waals surface area contributed by atoms with E-state index in [4.69, 9.17) is 14.2 Å². The second-order valence-electron chi connectivity index (χ2n) is 7.45. The molecule has 0 aromatic rings. The minimum Gasteiger partial charge on any atom is -0.444 e. The lowest BCUT2D eigenvalue weighted by atomic mass is 10.0. The molecule has 3 aliphatic heterocycles. The molecule has 1 aliphatic carbocycles. The Morgan fingerprint density at radius 2 is 1.88 bits per heavy atom. The summed E-state index contributed by atoms with van der Waals surface area (Å²) in [6, 6.07) is 0.967. The second kappa shape index (κ2) is 7.02. The molecule has 3 saturated heterocycles. The topological polar surface area (TPSA) is 51.2 Å². The highest BCUT2D eigenvalue weighted by atomic mass is 16.7. The highest BCUT2D eigenvalue weighted by Crippen LogP contribution is 2.30. The van der Waals surface area contributed by atoms with Crippen molar-refractivity contribution in [1.82, 2.24) is 9.80 Å². The van der Waals surface area contributed by atoms with E-state index in [9.17, 15) is 4.79 Å². The molecule has 0 saturated carbocycles. The molecule has 6 nitrogen and oxygen atoms in total. The zero-order valence-electron chi connectivity index (χ0n) is 14.4. The number of ether oxygens (including phenoxy) is 3. The average Bonchev–Trinajstić information content (AvgIpc) is 3.00. The summed E-state index contributed by atoms with van der Waals surface area (Å²) in [6.07, 6.45) is 10.5. The first-order valence-corrected chi connectivity index (χ1v) is 9.30. The van der Waals surface area contributed by atoms with E-state index in [-0.39, 0.29) is 24.9 Å². The summed E-state index contributed by atoms with van der Waals surface area (Å²) < 4.78 is 17.4. The van der Waals surface area contributed by atoms with Crippen molar-refractivity contribution in [3.8, 4) is 0 Å². The van der Waals surface area contributed by atoms with E-state index in [0.29, 0.717) is 12.1 Å². The Labute approximate surface area is 143 Å². The van der Waals surface area contributed by atoms with Crippen LogP contribution in [0.2, 0.25) is 0 Å². The summed E-state index contributed by atoms with van der Waals surface area (Å²) >= 11 is 0. The van der Waals surface area contributed by atoms with Crippen LogP contribution in [0.5, 0.6) is 0 Å². The number of hydrogen-bond donors (Lipinski definition) is 0. The van der Waals surface area contributed by atoms with Crippen LogP contribution in [-0.2, 0) is 14.2 Å². The van der Waals surface area contributed by atoms with Crippen molar-refractivity contribution in [2.45, 2.75) is 69.1 Å². The molecule has 24 heavy (non-hydrogen) atoms. The standard InChI is InChI=1S/C18H28N2O4/c1-19-13-8-9-14(19)11-20(10-13)18(21)22-12-17-23-15-6-4-2-3-5-7-16(15)24-17/h2,4,13-17H,3,5-12H2,1H3/b4-2+. The van der Waals surface area contributed by atoms with Crippen LogP contribution in [-0.4, -0.2) is 73.2 Å².